The summed E-state index contributed by atoms with van der Waals surface area (Å²) in [6.45, 7) is 5.39. The van der Waals surface area contributed by atoms with E-state index in [1.807, 2.05) is 18.2 Å². The van der Waals surface area contributed by atoms with Crippen molar-refractivity contribution in [2.75, 3.05) is 39.4 Å². The van der Waals surface area contributed by atoms with Crippen LogP contribution in [0.1, 0.15) is 5.82 Å². The molecule has 0 radical (unpaired) electrons. The van der Waals surface area contributed by atoms with E-state index in [4.69, 9.17) is 21.3 Å². The van der Waals surface area contributed by atoms with Gasteiger partial charge < -0.3 is 9.30 Å². The zero-order valence-corrected chi connectivity index (χ0v) is 18.2. The van der Waals surface area contributed by atoms with E-state index in [1.165, 1.54) is 12.1 Å². The molecule has 1 fully saturated rings. The highest BCUT2D eigenvalue weighted by Gasteiger charge is 2.16. The van der Waals surface area contributed by atoms with Crippen LogP contribution in [0.2, 0.25) is 5.02 Å². The van der Waals surface area contributed by atoms with Gasteiger partial charge in [0.2, 0.25) is 10.0 Å². The van der Waals surface area contributed by atoms with E-state index >= 15 is 0 Å². The quantitative estimate of drug-likeness (QED) is 0.573. The molecule has 0 spiro atoms. The first kappa shape index (κ1) is 21.3. The monoisotopic (exact) mass is 448 g/mol. The molecule has 7 nitrogen and oxygen atoms in total. The van der Waals surface area contributed by atoms with E-state index in [9.17, 15) is 8.42 Å². The number of sulfonamides is 1. The Bertz CT molecular complexity index is 1090. The Morgan fingerprint density at radius 2 is 1.77 bits per heavy atom. The van der Waals surface area contributed by atoms with Gasteiger partial charge in [0.15, 0.2) is 0 Å². The number of imidazole rings is 1. The van der Waals surface area contributed by atoms with E-state index in [0.717, 1.165) is 56.3 Å². The molecule has 0 bridgehead atoms. The summed E-state index contributed by atoms with van der Waals surface area (Å²) in [6, 6.07) is 14.2. The largest absolute Gasteiger partial charge is 0.379 e. The van der Waals surface area contributed by atoms with Crippen molar-refractivity contribution in [1.82, 2.24) is 19.2 Å². The van der Waals surface area contributed by atoms with Crippen molar-refractivity contribution in [3.63, 3.8) is 0 Å². The van der Waals surface area contributed by atoms with Crippen LogP contribution in [0.25, 0.3) is 11.0 Å². The highest BCUT2D eigenvalue weighted by Crippen LogP contribution is 2.17. The van der Waals surface area contributed by atoms with Crippen LogP contribution in [0.4, 0.5) is 0 Å². The zero-order valence-electron chi connectivity index (χ0n) is 16.6. The number of ether oxygens (including phenoxy) is 1. The SMILES string of the molecule is O=S(=O)(NCCc1nc2ccccc2n1CCN1CCOCC1)c1ccc(Cl)cc1. The normalized spacial score (nSPS) is 15.6. The van der Waals surface area contributed by atoms with Gasteiger partial charge in [0.05, 0.1) is 29.1 Å². The lowest BCUT2D eigenvalue weighted by Gasteiger charge is -2.27. The Kier molecular flexibility index (Phi) is 6.70. The predicted octanol–water partition coefficient (Wildman–Crippen LogP) is 2.54. The topological polar surface area (TPSA) is 76.5 Å². The van der Waals surface area contributed by atoms with Gasteiger partial charge in [0.1, 0.15) is 5.82 Å². The summed E-state index contributed by atoms with van der Waals surface area (Å²) < 4.78 is 35.3. The molecule has 3 aromatic rings. The van der Waals surface area contributed by atoms with Gasteiger partial charge in [0.25, 0.3) is 0 Å². The molecule has 4 rings (SSSR count). The Morgan fingerprint density at radius 3 is 2.53 bits per heavy atom. The molecule has 0 amide bonds. The van der Waals surface area contributed by atoms with Gasteiger partial charge in [-0.15, -0.1) is 0 Å². The lowest BCUT2D eigenvalue weighted by Crippen LogP contribution is -2.38. The van der Waals surface area contributed by atoms with Crippen LogP contribution in [0.15, 0.2) is 53.4 Å². The third-order valence-electron chi connectivity index (χ3n) is 5.24. The number of rotatable bonds is 8. The van der Waals surface area contributed by atoms with Crippen molar-refractivity contribution >= 4 is 32.7 Å². The molecule has 30 heavy (non-hydrogen) atoms. The maximum atomic E-state index is 12.5. The summed E-state index contributed by atoms with van der Waals surface area (Å²) in [6.07, 6.45) is 0.505. The molecule has 2 heterocycles. The van der Waals surface area contributed by atoms with Crippen LogP contribution >= 0.6 is 11.6 Å². The summed E-state index contributed by atoms with van der Waals surface area (Å²) >= 11 is 5.85. The van der Waals surface area contributed by atoms with Crippen LogP contribution in [-0.4, -0.2) is 62.3 Å². The Morgan fingerprint density at radius 1 is 1.03 bits per heavy atom. The number of hydrogen-bond acceptors (Lipinski definition) is 5. The van der Waals surface area contributed by atoms with Crippen LogP contribution in [0, 0.1) is 0 Å². The zero-order chi connectivity index (χ0) is 21.0. The standard InChI is InChI=1S/C21H25ClN4O3S/c22-17-5-7-18(8-6-17)30(27,28)23-10-9-21-24-19-3-1-2-4-20(19)26(21)12-11-25-13-15-29-16-14-25/h1-8,23H,9-16H2. The van der Waals surface area contributed by atoms with E-state index in [-0.39, 0.29) is 11.4 Å². The van der Waals surface area contributed by atoms with Crippen molar-refractivity contribution in [2.24, 2.45) is 0 Å². The third kappa shape index (κ3) is 5.01. The number of aromatic nitrogens is 2. The first-order valence-electron chi connectivity index (χ1n) is 10.0. The average molecular weight is 449 g/mol. The third-order valence-corrected chi connectivity index (χ3v) is 6.97. The molecular weight excluding hydrogens is 424 g/mol. The van der Waals surface area contributed by atoms with Crippen molar-refractivity contribution < 1.29 is 13.2 Å². The van der Waals surface area contributed by atoms with E-state index in [0.29, 0.717) is 11.4 Å². The first-order chi connectivity index (χ1) is 14.5. The maximum Gasteiger partial charge on any atom is 0.240 e. The Hall–Kier alpha value is -1.97. The highest BCUT2D eigenvalue weighted by atomic mass is 35.5. The van der Waals surface area contributed by atoms with Gasteiger partial charge in [-0.2, -0.15) is 0 Å². The number of nitrogens with one attached hydrogen (secondary N) is 1. The van der Waals surface area contributed by atoms with E-state index < -0.39 is 10.0 Å². The number of nitrogens with zero attached hydrogens (tertiary/aromatic N) is 3. The number of fused-ring (bicyclic) bond motifs is 1. The molecule has 1 saturated heterocycles. The molecule has 1 aromatic heterocycles. The molecule has 0 saturated carbocycles. The fourth-order valence-corrected chi connectivity index (χ4v) is 4.78. The minimum Gasteiger partial charge on any atom is -0.379 e. The van der Waals surface area contributed by atoms with Gasteiger partial charge in [-0.1, -0.05) is 23.7 Å². The summed E-state index contributed by atoms with van der Waals surface area (Å²) in [7, 11) is -3.59. The number of morpholine rings is 1. The molecule has 0 atom stereocenters. The molecule has 160 valence electrons. The van der Waals surface area contributed by atoms with Crippen molar-refractivity contribution in [2.45, 2.75) is 17.9 Å². The number of hydrogen-bond donors (Lipinski definition) is 1. The molecule has 2 aromatic carbocycles. The maximum absolute atomic E-state index is 12.5. The van der Waals surface area contributed by atoms with Gasteiger partial charge >= 0.3 is 0 Å². The molecule has 1 aliphatic rings. The number of halogens is 1. The molecule has 0 aliphatic carbocycles. The smallest absolute Gasteiger partial charge is 0.240 e. The lowest BCUT2D eigenvalue weighted by atomic mass is 10.3. The molecule has 1 aliphatic heterocycles. The lowest BCUT2D eigenvalue weighted by molar-refractivity contribution is 0.0364. The molecule has 0 unspecified atom stereocenters. The fraction of sp³-hybridized carbons (Fsp3) is 0.381. The molecule has 1 N–H and O–H groups in total. The second-order valence-electron chi connectivity index (χ2n) is 7.22. The highest BCUT2D eigenvalue weighted by molar-refractivity contribution is 7.89. The molecule has 9 heteroatoms. The van der Waals surface area contributed by atoms with Gasteiger partial charge in [-0.3, -0.25) is 4.90 Å². The fourth-order valence-electron chi connectivity index (χ4n) is 3.63. The average Bonchev–Trinajstić information content (AvgIpc) is 3.10. The van der Waals surface area contributed by atoms with Crippen molar-refractivity contribution in [3.8, 4) is 0 Å². The first-order valence-corrected chi connectivity index (χ1v) is 11.9. The van der Waals surface area contributed by atoms with Crippen molar-refractivity contribution in [1.29, 1.82) is 0 Å². The second kappa shape index (κ2) is 9.45. The van der Waals surface area contributed by atoms with Gasteiger partial charge in [0, 0.05) is 44.2 Å². The van der Waals surface area contributed by atoms with Gasteiger partial charge in [-0.05, 0) is 36.4 Å². The van der Waals surface area contributed by atoms with E-state index in [1.54, 1.807) is 12.1 Å². The summed E-state index contributed by atoms with van der Waals surface area (Å²) in [5, 5.41) is 0.503. The van der Waals surface area contributed by atoms with Gasteiger partial charge in [-0.25, -0.2) is 18.1 Å². The van der Waals surface area contributed by atoms with Crippen LogP contribution in [0.5, 0.6) is 0 Å². The summed E-state index contributed by atoms with van der Waals surface area (Å²) in [4.78, 5) is 7.33. The number of benzene rings is 2. The Labute approximate surface area is 181 Å². The summed E-state index contributed by atoms with van der Waals surface area (Å²) in [5.74, 6) is 0.878. The minimum atomic E-state index is -3.59. The van der Waals surface area contributed by atoms with E-state index in [2.05, 4.69) is 20.3 Å². The predicted molar refractivity (Wildman–Crippen MR) is 117 cm³/mol. The summed E-state index contributed by atoms with van der Waals surface area (Å²) in [5.41, 5.74) is 2.00. The number of para-hydroxylation sites is 2. The Balaban J connectivity index is 1.45. The van der Waals surface area contributed by atoms with Crippen LogP contribution in [0.3, 0.4) is 0 Å². The second-order valence-corrected chi connectivity index (χ2v) is 9.43. The van der Waals surface area contributed by atoms with Crippen LogP contribution in [-0.2, 0) is 27.7 Å². The minimum absolute atomic E-state index is 0.202. The molecular formula is C21H25ClN4O3S. The van der Waals surface area contributed by atoms with Crippen LogP contribution < -0.4 is 4.72 Å². The van der Waals surface area contributed by atoms with Crippen molar-refractivity contribution in [3.05, 3.63) is 59.4 Å².